The molecule has 0 aliphatic carbocycles. The van der Waals surface area contributed by atoms with Crippen molar-refractivity contribution < 1.29 is 14.3 Å². The third kappa shape index (κ3) is 7.37. The summed E-state index contributed by atoms with van der Waals surface area (Å²) in [5.74, 6) is -0.927. The van der Waals surface area contributed by atoms with Crippen LogP contribution in [0, 0.1) is 0 Å². The molecule has 7 nitrogen and oxygen atoms in total. The maximum Gasteiger partial charge on any atom is 0.328 e. The van der Waals surface area contributed by atoms with Gasteiger partial charge in [-0.1, -0.05) is 30.3 Å². The highest BCUT2D eigenvalue weighted by Crippen LogP contribution is 2.04. The number of nitrogens with one attached hydrogen (secondary N) is 2. The van der Waals surface area contributed by atoms with Crippen LogP contribution in [0.1, 0.15) is 11.3 Å². The first-order chi connectivity index (χ1) is 11.1. The van der Waals surface area contributed by atoms with Crippen LogP contribution in [-0.4, -0.2) is 41.0 Å². The fraction of sp³-hybridized carbons (Fsp3) is 0.312. The minimum absolute atomic E-state index is 0. The summed E-state index contributed by atoms with van der Waals surface area (Å²) in [5.41, 5.74) is 7.60. The van der Waals surface area contributed by atoms with Gasteiger partial charge in [-0.25, -0.2) is 9.78 Å². The predicted molar refractivity (Wildman–Crippen MR) is 105 cm³/mol. The number of carbonyl (C=O) groups excluding carboxylic acids is 2. The van der Waals surface area contributed by atoms with Gasteiger partial charge in [0.1, 0.15) is 6.04 Å². The van der Waals surface area contributed by atoms with E-state index in [0.717, 1.165) is 11.3 Å². The van der Waals surface area contributed by atoms with Crippen molar-refractivity contribution in [2.75, 3.05) is 7.11 Å². The molecule has 1 amide bonds. The molecule has 2 aromatic rings. The molecule has 2 atom stereocenters. The van der Waals surface area contributed by atoms with Crippen LogP contribution in [0.15, 0.2) is 42.9 Å². The Kier molecular flexibility index (Phi) is 11.0. The van der Waals surface area contributed by atoms with Crippen molar-refractivity contribution in [3.63, 3.8) is 0 Å². The highest BCUT2D eigenvalue weighted by atomic mass is 79.9. The quantitative estimate of drug-likeness (QED) is 0.521. The molecular formula is C16H22Br2N4O3. The molecular weight excluding hydrogens is 456 g/mol. The summed E-state index contributed by atoms with van der Waals surface area (Å²) in [7, 11) is 1.28. The number of H-pyrrole nitrogens is 1. The van der Waals surface area contributed by atoms with Crippen LogP contribution in [0.5, 0.6) is 0 Å². The van der Waals surface area contributed by atoms with E-state index in [0.29, 0.717) is 6.42 Å². The Labute approximate surface area is 167 Å². The number of hydrogen-bond donors (Lipinski definition) is 3. The molecule has 0 unspecified atom stereocenters. The molecule has 2 rings (SSSR count). The van der Waals surface area contributed by atoms with Crippen LogP contribution in [-0.2, 0) is 27.2 Å². The van der Waals surface area contributed by atoms with Gasteiger partial charge in [-0.05, 0) is 12.0 Å². The van der Waals surface area contributed by atoms with Crippen molar-refractivity contribution in [3.05, 3.63) is 54.1 Å². The first-order valence-corrected chi connectivity index (χ1v) is 7.25. The summed E-state index contributed by atoms with van der Waals surface area (Å²) in [4.78, 5) is 30.9. The van der Waals surface area contributed by atoms with E-state index >= 15 is 0 Å². The highest BCUT2D eigenvalue weighted by Gasteiger charge is 2.25. The standard InChI is InChI=1S/C16H20N4O3.2BrH/c1-23-16(22)14(8-12-9-18-10-19-12)20-15(21)13(17)7-11-5-3-2-4-6-11;;/h2-6,9-10,13-14H,7-8,17H2,1H3,(H,18,19)(H,20,21);2*1H/t13-,14-;;/m0../s1. The molecule has 1 aromatic heterocycles. The van der Waals surface area contributed by atoms with Gasteiger partial charge >= 0.3 is 5.97 Å². The van der Waals surface area contributed by atoms with Gasteiger partial charge < -0.3 is 20.8 Å². The SMILES string of the molecule is Br.Br.COC(=O)[C@H](Cc1cnc[nH]1)NC(=O)[C@@H](N)Cc1ccccc1. The number of halogens is 2. The van der Waals surface area contributed by atoms with Crippen molar-refractivity contribution in [1.82, 2.24) is 15.3 Å². The average molecular weight is 478 g/mol. The van der Waals surface area contributed by atoms with Gasteiger partial charge in [-0.2, -0.15) is 0 Å². The zero-order valence-corrected chi connectivity index (χ0v) is 17.1. The van der Waals surface area contributed by atoms with E-state index in [2.05, 4.69) is 15.3 Å². The normalized spacial score (nSPS) is 12.1. The molecule has 4 N–H and O–H groups in total. The summed E-state index contributed by atoms with van der Waals surface area (Å²) in [6, 6.07) is 7.91. The highest BCUT2D eigenvalue weighted by molar-refractivity contribution is 8.93. The molecule has 0 saturated carbocycles. The van der Waals surface area contributed by atoms with Gasteiger partial charge in [0, 0.05) is 18.3 Å². The number of imidazole rings is 1. The maximum atomic E-state index is 12.2. The maximum absolute atomic E-state index is 12.2. The molecule has 1 heterocycles. The van der Waals surface area contributed by atoms with E-state index in [9.17, 15) is 9.59 Å². The van der Waals surface area contributed by atoms with Gasteiger partial charge in [0.15, 0.2) is 0 Å². The number of rotatable bonds is 7. The smallest absolute Gasteiger partial charge is 0.328 e. The van der Waals surface area contributed by atoms with Crippen LogP contribution in [0.3, 0.4) is 0 Å². The molecule has 0 fully saturated rings. The van der Waals surface area contributed by atoms with Crippen molar-refractivity contribution >= 4 is 45.8 Å². The van der Waals surface area contributed by atoms with Crippen LogP contribution < -0.4 is 11.1 Å². The molecule has 0 spiro atoms. The third-order valence-electron chi connectivity index (χ3n) is 3.42. The fourth-order valence-electron chi connectivity index (χ4n) is 2.19. The van der Waals surface area contributed by atoms with E-state index in [1.54, 1.807) is 6.20 Å². The molecule has 25 heavy (non-hydrogen) atoms. The second-order valence-electron chi connectivity index (χ2n) is 5.16. The molecule has 9 heteroatoms. The first kappa shape index (κ1) is 23.3. The molecule has 0 aliphatic rings. The molecule has 0 aliphatic heterocycles. The number of ether oxygens (including phenoxy) is 1. The molecule has 0 radical (unpaired) electrons. The lowest BCUT2D eigenvalue weighted by Crippen LogP contribution is -2.50. The molecule has 1 aromatic carbocycles. The summed E-state index contributed by atoms with van der Waals surface area (Å²) in [6.07, 6.45) is 3.75. The van der Waals surface area contributed by atoms with Crippen LogP contribution in [0.2, 0.25) is 0 Å². The van der Waals surface area contributed by atoms with Crippen molar-refractivity contribution in [1.29, 1.82) is 0 Å². The minimum atomic E-state index is -0.810. The van der Waals surface area contributed by atoms with Gasteiger partial charge in [0.05, 0.1) is 19.5 Å². The van der Waals surface area contributed by atoms with Crippen molar-refractivity contribution in [3.8, 4) is 0 Å². The van der Waals surface area contributed by atoms with Gasteiger partial charge in [-0.3, -0.25) is 4.79 Å². The average Bonchev–Trinajstić information content (AvgIpc) is 3.07. The summed E-state index contributed by atoms with van der Waals surface area (Å²) >= 11 is 0. The second kappa shape index (κ2) is 11.8. The molecule has 0 saturated heterocycles. The molecule has 138 valence electrons. The van der Waals surface area contributed by atoms with Crippen LogP contribution >= 0.6 is 34.0 Å². The predicted octanol–water partition coefficient (Wildman–Crippen LogP) is 1.34. The number of carbonyl (C=O) groups is 2. The second-order valence-corrected chi connectivity index (χ2v) is 5.16. The number of aromatic amines is 1. The third-order valence-corrected chi connectivity index (χ3v) is 3.42. The topological polar surface area (TPSA) is 110 Å². The van der Waals surface area contributed by atoms with Gasteiger partial charge in [0.25, 0.3) is 0 Å². The Morgan fingerprint density at radius 1 is 1.24 bits per heavy atom. The zero-order valence-electron chi connectivity index (χ0n) is 13.7. The summed E-state index contributed by atoms with van der Waals surface area (Å²) in [5, 5.41) is 2.64. The Morgan fingerprint density at radius 3 is 2.48 bits per heavy atom. The van der Waals surface area contributed by atoms with Crippen molar-refractivity contribution in [2.45, 2.75) is 24.9 Å². The first-order valence-electron chi connectivity index (χ1n) is 7.25. The number of nitrogens with zero attached hydrogens (tertiary/aromatic N) is 1. The van der Waals surface area contributed by atoms with Gasteiger partial charge in [-0.15, -0.1) is 34.0 Å². The Hall–Kier alpha value is -1.71. The van der Waals surface area contributed by atoms with Crippen LogP contribution in [0.25, 0.3) is 0 Å². The van der Waals surface area contributed by atoms with E-state index in [4.69, 9.17) is 10.5 Å². The number of benzene rings is 1. The number of nitrogens with two attached hydrogens (primary N) is 1. The monoisotopic (exact) mass is 476 g/mol. The van der Waals surface area contributed by atoms with Gasteiger partial charge in [0.2, 0.25) is 5.91 Å². The van der Waals surface area contributed by atoms with E-state index in [1.165, 1.54) is 13.4 Å². The largest absolute Gasteiger partial charge is 0.467 e. The van der Waals surface area contributed by atoms with E-state index in [-0.39, 0.29) is 40.4 Å². The van der Waals surface area contributed by atoms with E-state index < -0.39 is 24.0 Å². The summed E-state index contributed by atoms with van der Waals surface area (Å²) < 4.78 is 4.73. The number of methoxy groups -OCH3 is 1. The minimum Gasteiger partial charge on any atom is -0.467 e. The number of amides is 1. The number of hydrogen-bond acceptors (Lipinski definition) is 5. The molecule has 0 bridgehead atoms. The van der Waals surface area contributed by atoms with Crippen molar-refractivity contribution in [2.24, 2.45) is 5.73 Å². The fourth-order valence-corrected chi connectivity index (χ4v) is 2.19. The number of esters is 1. The van der Waals surface area contributed by atoms with Crippen LogP contribution in [0.4, 0.5) is 0 Å². The lowest BCUT2D eigenvalue weighted by atomic mass is 10.1. The zero-order chi connectivity index (χ0) is 16.7. The van der Waals surface area contributed by atoms with E-state index in [1.807, 2.05) is 30.3 Å². The lowest BCUT2D eigenvalue weighted by molar-refractivity contribution is -0.145. The summed E-state index contributed by atoms with van der Waals surface area (Å²) in [6.45, 7) is 0. The lowest BCUT2D eigenvalue weighted by Gasteiger charge is -2.18. The Balaban J connectivity index is 0.00000288. The number of aromatic nitrogens is 2. The Bertz CT molecular complexity index is 638. The Morgan fingerprint density at radius 2 is 1.92 bits per heavy atom.